The van der Waals surface area contributed by atoms with Crippen LogP contribution in [0.5, 0.6) is 34.5 Å². The molecule has 2 aliphatic rings. The van der Waals surface area contributed by atoms with E-state index in [2.05, 4.69) is 0 Å². The molecule has 0 aliphatic carbocycles. The molecular weight excluding hydrogens is 712 g/mol. The third-order valence-corrected chi connectivity index (χ3v) is 8.85. The Labute approximate surface area is 301 Å². The summed E-state index contributed by atoms with van der Waals surface area (Å²) in [4.78, 5) is 27.0. The summed E-state index contributed by atoms with van der Waals surface area (Å²) in [5.41, 5.74) is -2.98. The van der Waals surface area contributed by atoms with Gasteiger partial charge < -0.3 is 84.2 Å². The minimum absolute atomic E-state index is 0.0273. The van der Waals surface area contributed by atoms with Crippen molar-refractivity contribution >= 4 is 23.7 Å². The number of carbonyl (C=O) groups is 2. The highest BCUT2D eigenvalue weighted by molar-refractivity contribution is 6.02. The van der Waals surface area contributed by atoms with Crippen molar-refractivity contribution in [2.45, 2.75) is 60.4 Å². The van der Waals surface area contributed by atoms with Crippen LogP contribution in [0, 0.1) is 0 Å². The Hall–Kier alpha value is -4.38. The van der Waals surface area contributed by atoms with Gasteiger partial charge in [0, 0.05) is 0 Å². The fourth-order valence-corrected chi connectivity index (χ4v) is 5.80. The number of aliphatic hydroxyl groups excluding tert-OH is 7. The second kappa shape index (κ2) is 16.7. The summed E-state index contributed by atoms with van der Waals surface area (Å²) >= 11 is 0. The fourth-order valence-electron chi connectivity index (χ4n) is 5.80. The van der Waals surface area contributed by atoms with E-state index in [1.54, 1.807) is 0 Å². The van der Waals surface area contributed by atoms with Crippen LogP contribution >= 0.6 is 0 Å². The Bertz CT molecular complexity index is 1640. The maximum atomic E-state index is 13.7. The normalized spacial score (nSPS) is 30.8. The number of hydrogen-bond acceptors (Lipinski definition) is 19. The molecule has 2 heterocycles. The van der Waals surface area contributed by atoms with E-state index >= 15 is 0 Å². The van der Waals surface area contributed by atoms with Gasteiger partial charge in [-0.15, -0.1) is 0 Å². The van der Waals surface area contributed by atoms with E-state index in [0.29, 0.717) is 6.08 Å². The minimum Gasteiger partial charge on any atom is -0.502 e. The molecule has 0 bridgehead atoms. The molecule has 0 radical (unpaired) electrons. The number of phenolic OH excluding ortho intramolecular Hbond substituents is 2. The predicted octanol–water partition coefficient (Wildman–Crippen LogP) is -2.65. The lowest BCUT2D eigenvalue weighted by Gasteiger charge is -2.49. The number of carbonyl (C=O) groups excluding carboxylic acids is 2. The average Bonchev–Trinajstić information content (AvgIpc) is 3.41. The molecule has 0 amide bonds. The lowest BCUT2D eigenvalue weighted by Crippen LogP contribution is -2.73. The maximum absolute atomic E-state index is 13.7. The largest absolute Gasteiger partial charge is 0.502 e. The maximum Gasteiger partial charge on any atom is 0.224 e. The molecule has 0 aromatic heterocycles. The van der Waals surface area contributed by atoms with Gasteiger partial charge in [0.25, 0.3) is 0 Å². The molecule has 0 saturated carbocycles. The van der Waals surface area contributed by atoms with Crippen LogP contribution in [0.4, 0.5) is 0 Å². The van der Waals surface area contributed by atoms with Crippen molar-refractivity contribution in [1.29, 1.82) is 0 Å². The molecule has 2 aliphatic heterocycles. The zero-order valence-electron chi connectivity index (χ0n) is 28.8. The van der Waals surface area contributed by atoms with E-state index in [1.807, 2.05) is 0 Å². The SMILES string of the molecule is COc1cc(C=CC(=O)C(O)[C@H]2OC(OC3(CO)O[C@H](CO)[C@@H](O)[C@@H]3O)[C@H](O)[C@](O)(C(=O)C=Cc3cc(OC)c(O)c(OC)c3)[C@@H]2O)cc(OC)c1O. The van der Waals surface area contributed by atoms with Crippen molar-refractivity contribution in [3.05, 3.63) is 47.5 Å². The molecule has 10 atom stereocenters. The number of phenols is 2. The van der Waals surface area contributed by atoms with Crippen LogP contribution in [0.3, 0.4) is 0 Å². The van der Waals surface area contributed by atoms with Gasteiger partial charge in [0.05, 0.1) is 35.0 Å². The van der Waals surface area contributed by atoms with Crippen molar-refractivity contribution in [1.82, 2.24) is 0 Å². The number of hydrogen-bond donors (Lipinski definition) is 10. The molecule has 2 saturated heterocycles. The Balaban J connectivity index is 1.73. The molecule has 3 unspecified atom stereocenters. The molecule has 4 rings (SSSR count). The number of methoxy groups -OCH3 is 4. The summed E-state index contributed by atoms with van der Waals surface area (Å²) in [6, 6.07) is 5.19. The molecule has 19 heteroatoms. The first kappa shape index (κ1) is 41.4. The third kappa shape index (κ3) is 7.81. The van der Waals surface area contributed by atoms with Crippen LogP contribution in [-0.2, 0) is 23.8 Å². The van der Waals surface area contributed by atoms with Gasteiger partial charge in [0.2, 0.25) is 17.3 Å². The van der Waals surface area contributed by atoms with Gasteiger partial charge in [-0.3, -0.25) is 9.59 Å². The number of benzene rings is 2. The Morgan fingerprint density at radius 2 is 1.26 bits per heavy atom. The highest BCUT2D eigenvalue weighted by Crippen LogP contribution is 2.41. The Kier molecular flexibility index (Phi) is 13.1. The number of aromatic hydroxyl groups is 2. The van der Waals surface area contributed by atoms with Gasteiger partial charge in [-0.1, -0.05) is 12.2 Å². The third-order valence-electron chi connectivity index (χ3n) is 8.85. The second-order valence-electron chi connectivity index (χ2n) is 12.0. The summed E-state index contributed by atoms with van der Waals surface area (Å²) in [6.07, 6.45) is -14.0. The quantitative estimate of drug-likeness (QED) is 0.0831. The molecule has 10 N–H and O–H groups in total. The first-order chi connectivity index (χ1) is 25.1. The van der Waals surface area contributed by atoms with Gasteiger partial charge in [-0.2, -0.15) is 0 Å². The van der Waals surface area contributed by atoms with Crippen molar-refractivity contribution in [3.63, 3.8) is 0 Å². The van der Waals surface area contributed by atoms with Crippen LogP contribution < -0.4 is 18.9 Å². The summed E-state index contributed by atoms with van der Waals surface area (Å²) in [7, 11) is 5.03. The first-order valence-corrected chi connectivity index (χ1v) is 15.8. The zero-order chi connectivity index (χ0) is 39.4. The number of aliphatic hydroxyl groups is 8. The topological polar surface area (TPSA) is 301 Å². The average molecular weight is 755 g/mol. The van der Waals surface area contributed by atoms with Gasteiger partial charge in [-0.25, -0.2) is 0 Å². The van der Waals surface area contributed by atoms with Gasteiger partial charge >= 0.3 is 0 Å². The summed E-state index contributed by atoms with van der Waals surface area (Å²) in [6.45, 7) is -2.14. The lowest BCUT2D eigenvalue weighted by atomic mass is 9.78. The first-order valence-electron chi connectivity index (χ1n) is 15.8. The molecular formula is C34H42O19. The smallest absolute Gasteiger partial charge is 0.224 e. The zero-order valence-corrected chi connectivity index (χ0v) is 28.8. The van der Waals surface area contributed by atoms with Crippen molar-refractivity contribution in [2.24, 2.45) is 0 Å². The summed E-state index contributed by atoms with van der Waals surface area (Å²) in [5.74, 6) is -6.19. The van der Waals surface area contributed by atoms with Crippen LogP contribution in [0.1, 0.15) is 11.1 Å². The van der Waals surface area contributed by atoms with Crippen molar-refractivity contribution in [3.8, 4) is 34.5 Å². The molecule has 2 aromatic carbocycles. The Morgan fingerprint density at radius 1 is 0.792 bits per heavy atom. The monoisotopic (exact) mass is 754 g/mol. The molecule has 0 spiro atoms. The number of rotatable bonds is 15. The highest BCUT2D eigenvalue weighted by atomic mass is 16.8. The predicted molar refractivity (Wildman–Crippen MR) is 177 cm³/mol. The van der Waals surface area contributed by atoms with E-state index in [0.717, 1.165) is 18.2 Å². The Morgan fingerprint density at radius 3 is 1.68 bits per heavy atom. The second-order valence-corrected chi connectivity index (χ2v) is 12.0. The number of ketones is 2. The highest BCUT2D eigenvalue weighted by Gasteiger charge is 2.64. The lowest BCUT2D eigenvalue weighted by molar-refractivity contribution is -0.394. The van der Waals surface area contributed by atoms with Crippen LogP contribution in [0.25, 0.3) is 12.2 Å². The fraction of sp³-hybridized carbons (Fsp3) is 0.471. The van der Waals surface area contributed by atoms with E-state index in [9.17, 15) is 60.7 Å². The standard InChI is InChI=1S/C34H42O19/c1-47-18-9-15(10-19(48-2)25(18)40)5-7-17(37)24(39)28-30(44)34(46,23(38)8-6-16-11-20(49-3)26(41)21(12-16)50-4)31(45)32(51-28)53-33(14-36)29(43)27(42)22(13-35)52-33/h5-12,22,24,27-32,35-36,39-46H,13-14H2,1-4H3/t22-,24?,27-,28-,29+,30-,31+,32?,33?,34+/m1/s1. The van der Waals surface area contributed by atoms with E-state index in [4.69, 9.17) is 33.2 Å². The number of ether oxygens (including phenoxy) is 7. The molecule has 2 fully saturated rings. The van der Waals surface area contributed by atoms with Crippen LogP contribution in [-0.4, -0.2) is 165 Å². The van der Waals surface area contributed by atoms with Crippen LogP contribution in [0.15, 0.2) is 36.4 Å². The minimum atomic E-state index is -3.37. The van der Waals surface area contributed by atoms with E-state index in [-0.39, 0.29) is 45.6 Å². The van der Waals surface area contributed by atoms with E-state index in [1.165, 1.54) is 52.7 Å². The van der Waals surface area contributed by atoms with Crippen molar-refractivity contribution < 1.29 is 93.8 Å². The molecule has 2 aromatic rings. The van der Waals surface area contributed by atoms with Gasteiger partial charge in [0.1, 0.15) is 49.3 Å². The molecule has 19 nitrogen and oxygen atoms in total. The summed E-state index contributed by atoms with van der Waals surface area (Å²) < 4.78 is 36.7. The van der Waals surface area contributed by atoms with Gasteiger partial charge in [0.15, 0.2) is 46.5 Å². The van der Waals surface area contributed by atoms with Gasteiger partial charge in [-0.05, 0) is 47.5 Å². The molecule has 292 valence electrons. The van der Waals surface area contributed by atoms with Crippen LogP contribution in [0.2, 0.25) is 0 Å². The van der Waals surface area contributed by atoms with Crippen molar-refractivity contribution in [2.75, 3.05) is 41.7 Å². The van der Waals surface area contributed by atoms with E-state index < -0.39 is 85.2 Å². The summed E-state index contributed by atoms with van der Waals surface area (Å²) in [5, 5.41) is 107. The molecule has 53 heavy (non-hydrogen) atoms.